The summed E-state index contributed by atoms with van der Waals surface area (Å²) in [5, 5.41) is 7.54. The first-order valence-corrected chi connectivity index (χ1v) is 8.37. The Bertz CT molecular complexity index is 575. The second kappa shape index (κ2) is 5.61. The third-order valence-electron chi connectivity index (χ3n) is 2.82. The zero-order valence-corrected chi connectivity index (χ0v) is 13.8. The largest absolute Gasteiger partial charge is 0.394 e. The standard InChI is InChI=1S/C12H25N5O2S/c1-8(2)10-9(13)11(17(5)15-10)14-7-12(3,4)16-20(6,18)19/h8,14,16H,7,13H2,1-6H3. The normalized spacial score (nSPS) is 12.9. The number of hydrogen-bond donors (Lipinski definition) is 3. The Morgan fingerprint density at radius 1 is 1.40 bits per heavy atom. The summed E-state index contributed by atoms with van der Waals surface area (Å²) < 4.78 is 26.9. The Hall–Kier alpha value is -1.28. The smallest absolute Gasteiger partial charge is 0.209 e. The van der Waals surface area contributed by atoms with Gasteiger partial charge < -0.3 is 11.1 Å². The first kappa shape index (κ1) is 16.8. The molecule has 116 valence electrons. The molecule has 0 saturated heterocycles. The summed E-state index contributed by atoms with van der Waals surface area (Å²) in [5.41, 5.74) is 6.90. The molecule has 0 unspecified atom stereocenters. The van der Waals surface area contributed by atoms with Crippen LogP contribution in [0.25, 0.3) is 0 Å². The van der Waals surface area contributed by atoms with Crippen LogP contribution in [0.4, 0.5) is 11.5 Å². The molecule has 1 rings (SSSR count). The van der Waals surface area contributed by atoms with Crippen molar-refractivity contribution in [3.63, 3.8) is 0 Å². The number of hydrogen-bond acceptors (Lipinski definition) is 5. The lowest BCUT2D eigenvalue weighted by Gasteiger charge is -2.25. The third kappa shape index (κ3) is 4.38. The molecule has 0 spiro atoms. The molecule has 1 aromatic heterocycles. The van der Waals surface area contributed by atoms with Crippen molar-refractivity contribution in [3.05, 3.63) is 5.69 Å². The predicted octanol–water partition coefficient (Wildman–Crippen LogP) is 0.865. The molecule has 0 aliphatic rings. The minimum atomic E-state index is -3.26. The second-order valence-electron chi connectivity index (χ2n) is 6.04. The number of rotatable bonds is 6. The quantitative estimate of drug-likeness (QED) is 0.723. The van der Waals surface area contributed by atoms with Gasteiger partial charge in [-0.25, -0.2) is 13.1 Å². The number of nitrogens with one attached hydrogen (secondary N) is 2. The molecule has 0 bridgehead atoms. The maximum Gasteiger partial charge on any atom is 0.209 e. The van der Waals surface area contributed by atoms with Crippen LogP contribution in [-0.2, 0) is 17.1 Å². The van der Waals surface area contributed by atoms with E-state index in [1.807, 2.05) is 20.9 Å². The van der Waals surface area contributed by atoms with Crippen molar-refractivity contribution in [2.75, 3.05) is 23.9 Å². The highest BCUT2D eigenvalue weighted by Crippen LogP contribution is 2.27. The molecular formula is C12H25N5O2S. The highest BCUT2D eigenvalue weighted by Gasteiger charge is 2.23. The van der Waals surface area contributed by atoms with Gasteiger partial charge in [0.15, 0.2) is 0 Å². The molecule has 0 radical (unpaired) electrons. The van der Waals surface area contributed by atoms with Crippen LogP contribution in [0.2, 0.25) is 0 Å². The Balaban J connectivity index is 2.85. The molecule has 8 heteroatoms. The van der Waals surface area contributed by atoms with Gasteiger partial charge in [-0.05, 0) is 19.8 Å². The van der Waals surface area contributed by atoms with Crippen LogP contribution in [-0.4, -0.2) is 36.5 Å². The lowest BCUT2D eigenvalue weighted by Crippen LogP contribution is -2.48. The van der Waals surface area contributed by atoms with Crippen molar-refractivity contribution in [2.45, 2.75) is 39.2 Å². The minimum absolute atomic E-state index is 0.235. The first-order chi connectivity index (χ1) is 8.93. The maximum absolute atomic E-state index is 11.3. The Morgan fingerprint density at radius 3 is 2.35 bits per heavy atom. The fraction of sp³-hybridized carbons (Fsp3) is 0.750. The summed E-state index contributed by atoms with van der Waals surface area (Å²) >= 11 is 0. The maximum atomic E-state index is 11.3. The van der Waals surface area contributed by atoms with E-state index in [1.54, 1.807) is 18.5 Å². The van der Waals surface area contributed by atoms with Gasteiger partial charge in [-0.3, -0.25) is 4.68 Å². The van der Waals surface area contributed by atoms with Crippen LogP contribution < -0.4 is 15.8 Å². The van der Waals surface area contributed by atoms with Gasteiger partial charge in [-0.2, -0.15) is 5.10 Å². The third-order valence-corrected chi connectivity index (χ3v) is 3.74. The number of nitrogens with zero attached hydrogens (tertiary/aromatic N) is 2. The van der Waals surface area contributed by atoms with Gasteiger partial charge >= 0.3 is 0 Å². The number of sulfonamides is 1. The highest BCUT2D eigenvalue weighted by atomic mass is 32.2. The summed E-state index contributed by atoms with van der Waals surface area (Å²) in [6.45, 7) is 8.06. The van der Waals surface area contributed by atoms with E-state index in [2.05, 4.69) is 15.1 Å². The second-order valence-corrected chi connectivity index (χ2v) is 7.79. The fourth-order valence-corrected chi connectivity index (χ4v) is 3.12. The molecule has 0 fully saturated rings. The molecule has 0 aliphatic heterocycles. The highest BCUT2D eigenvalue weighted by molar-refractivity contribution is 7.88. The first-order valence-electron chi connectivity index (χ1n) is 6.48. The summed E-state index contributed by atoms with van der Waals surface area (Å²) in [5.74, 6) is 0.941. The number of aryl methyl sites for hydroxylation is 1. The van der Waals surface area contributed by atoms with Crippen molar-refractivity contribution in [2.24, 2.45) is 7.05 Å². The van der Waals surface area contributed by atoms with Gasteiger partial charge in [-0.1, -0.05) is 13.8 Å². The SMILES string of the molecule is CC(C)c1nn(C)c(NCC(C)(C)NS(C)(=O)=O)c1N. The summed E-state index contributed by atoms with van der Waals surface area (Å²) in [7, 11) is -1.45. The van der Waals surface area contributed by atoms with Crippen LogP contribution in [0.3, 0.4) is 0 Å². The monoisotopic (exact) mass is 303 g/mol. The van der Waals surface area contributed by atoms with Gasteiger partial charge in [-0.15, -0.1) is 0 Å². The number of aromatic nitrogens is 2. The Morgan fingerprint density at radius 2 is 1.95 bits per heavy atom. The van der Waals surface area contributed by atoms with Gasteiger partial charge in [0.2, 0.25) is 10.0 Å². The molecule has 0 atom stereocenters. The molecular weight excluding hydrogens is 278 g/mol. The Labute approximate surface area is 121 Å². The van der Waals surface area contributed by atoms with Gasteiger partial charge in [0.1, 0.15) is 5.82 Å². The van der Waals surface area contributed by atoms with Crippen LogP contribution in [0.1, 0.15) is 39.3 Å². The minimum Gasteiger partial charge on any atom is -0.394 e. The Kier molecular flexibility index (Phi) is 4.70. The van der Waals surface area contributed by atoms with Crippen molar-refractivity contribution < 1.29 is 8.42 Å². The summed E-state index contributed by atoms with van der Waals surface area (Å²) in [6.07, 6.45) is 1.14. The summed E-state index contributed by atoms with van der Waals surface area (Å²) in [4.78, 5) is 0. The van der Waals surface area contributed by atoms with E-state index in [1.165, 1.54) is 0 Å². The van der Waals surface area contributed by atoms with Crippen LogP contribution in [0.15, 0.2) is 0 Å². The molecule has 20 heavy (non-hydrogen) atoms. The zero-order chi connectivity index (χ0) is 15.7. The number of nitrogen functional groups attached to an aromatic ring is 1. The van der Waals surface area contributed by atoms with Crippen molar-refractivity contribution in [1.29, 1.82) is 0 Å². The van der Waals surface area contributed by atoms with Crippen LogP contribution >= 0.6 is 0 Å². The van der Waals surface area contributed by atoms with Gasteiger partial charge in [0.25, 0.3) is 0 Å². The van der Waals surface area contributed by atoms with Crippen molar-refractivity contribution in [1.82, 2.24) is 14.5 Å². The molecule has 0 aromatic carbocycles. The molecule has 1 aromatic rings. The van der Waals surface area contributed by atoms with Gasteiger partial charge in [0.05, 0.1) is 17.6 Å². The van der Waals surface area contributed by atoms with E-state index in [4.69, 9.17) is 5.73 Å². The predicted molar refractivity (Wildman–Crippen MR) is 82.3 cm³/mol. The van der Waals surface area contributed by atoms with E-state index < -0.39 is 15.6 Å². The molecule has 0 amide bonds. The van der Waals surface area contributed by atoms with Crippen molar-refractivity contribution in [3.8, 4) is 0 Å². The van der Waals surface area contributed by atoms with E-state index in [0.29, 0.717) is 18.1 Å². The summed E-state index contributed by atoms with van der Waals surface area (Å²) in [6, 6.07) is 0. The van der Waals surface area contributed by atoms with E-state index in [9.17, 15) is 8.42 Å². The van der Waals surface area contributed by atoms with Crippen molar-refractivity contribution >= 4 is 21.5 Å². The number of nitrogens with two attached hydrogens (primary N) is 1. The average molecular weight is 303 g/mol. The zero-order valence-electron chi connectivity index (χ0n) is 13.0. The number of anilines is 2. The average Bonchev–Trinajstić information content (AvgIpc) is 2.48. The molecule has 4 N–H and O–H groups in total. The molecule has 7 nitrogen and oxygen atoms in total. The van der Waals surface area contributed by atoms with Crippen LogP contribution in [0.5, 0.6) is 0 Å². The molecule has 0 saturated carbocycles. The molecule has 0 aliphatic carbocycles. The van der Waals surface area contributed by atoms with E-state index >= 15 is 0 Å². The molecule has 1 heterocycles. The van der Waals surface area contributed by atoms with Gasteiger partial charge in [0, 0.05) is 19.1 Å². The van der Waals surface area contributed by atoms with E-state index in [-0.39, 0.29) is 5.92 Å². The lowest BCUT2D eigenvalue weighted by molar-refractivity contribution is 0.475. The lowest BCUT2D eigenvalue weighted by atomic mass is 10.1. The van der Waals surface area contributed by atoms with Crippen LogP contribution in [0, 0.1) is 0 Å². The fourth-order valence-electron chi connectivity index (χ4n) is 2.04. The van der Waals surface area contributed by atoms with E-state index in [0.717, 1.165) is 11.9 Å². The topological polar surface area (TPSA) is 102 Å².